The van der Waals surface area contributed by atoms with E-state index in [-0.39, 0.29) is 0 Å². The number of halogens is 2. The molecule has 1 aromatic heterocycles. The van der Waals surface area contributed by atoms with Crippen LogP contribution in [0, 0.1) is 16.4 Å². The molecule has 1 fully saturated rings. The van der Waals surface area contributed by atoms with Crippen molar-refractivity contribution in [3.63, 3.8) is 0 Å². The number of H-pyrrole nitrogens is 1. The van der Waals surface area contributed by atoms with E-state index in [0.29, 0.717) is 27.6 Å². The molecule has 0 radical (unpaired) electrons. The lowest BCUT2D eigenvalue weighted by atomic mass is 10.3. The van der Waals surface area contributed by atoms with Crippen LogP contribution in [0.1, 0.15) is 0 Å². The molecule has 3 rings (SSSR count). The number of nitrogens with one attached hydrogen (secondary N) is 1. The van der Waals surface area contributed by atoms with E-state index in [1.807, 2.05) is 23.5 Å². The van der Waals surface area contributed by atoms with Crippen LogP contribution in [0.4, 0.5) is 8.78 Å². The number of nitrogens with zero attached hydrogens (tertiary/aromatic N) is 1. The maximum atomic E-state index is 13.7. The lowest BCUT2D eigenvalue weighted by Crippen LogP contribution is -2.20. The Kier molecular flexibility index (Phi) is 3.86. The van der Waals surface area contributed by atoms with Gasteiger partial charge in [0.15, 0.2) is 10.6 Å². The van der Waals surface area contributed by atoms with Crippen LogP contribution in [-0.4, -0.2) is 32.1 Å². The zero-order valence-corrected chi connectivity index (χ0v) is 12.4. The van der Waals surface area contributed by atoms with Crippen LogP contribution in [0.15, 0.2) is 12.1 Å². The molecule has 0 spiro atoms. The maximum Gasteiger partial charge on any atom is 0.178 e. The molecule has 2 nitrogen and oxygen atoms in total. The van der Waals surface area contributed by atoms with E-state index in [9.17, 15) is 8.78 Å². The predicted molar refractivity (Wildman–Crippen MR) is 80.6 cm³/mol. The molecule has 1 saturated heterocycles. The van der Waals surface area contributed by atoms with Crippen LogP contribution in [0.5, 0.6) is 0 Å². The van der Waals surface area contributed by atoms with Gasteiger partial charge in [0.1, 0.15) is 11.3 Å². The summed E-state index contributed by atoms with van der Waals surface area (Å²) in [6.45, 7) is 0.694. The summed E-state index contributed by atoms with van der Waals surface area (Å²) in [5.74, 6) is 2.18. The molecule has 7 heteroatoms. The highest BCUT2D eigenvalue weighted by molar-refractivity contribution is 8.06. The van der Waals surface area contributed by atoms with Crippen LogP contribution in [0.2, 0.25) is 0 Å². The quantitative estimate of drug-likeness (QED) is 0.850. The Hall–Kier alpha value is -0.530. The fraction of sp³-hybridized carbons (Fsp3) is 0.417. The minimum absolute atomic E-state index is 0.292. The summed E-state index contributed by atoms with van der Waals surface area (Å²) in [5.41, 5.74) is 0.804. The van der Waals surface area contributed by atoms with Crippen LogP contribution in [-0.2, 0) is 6.54 Å². The number of aromatic nitrogens is 2. The van der Waals surface area contributed by atoms with Crippen LogP contribution in [0.3, 0.4) is 0 Å². The molecule has 19 heavy (non-hydrogen) atoms. The van der Waals surface area contributed by atoms with Gasteiger partial charge in [-0.25, -0.2) is 8.78 Å². The molecule has 1 aliphatic rings. The van der Waals surface area contributed by atoms with E-state index in [1.54, 1.807) is 4.57 Å². The van der Waals surface area contributed by atoms with Crippen molar-refractivity contribution >= 4 is 46.8 Å². The third-order valence-corrected chi connectivity index (χ3v) is 6.22. The lowest BCUT2D eigenvalue weighted by molar-refractivity contribution is 0.589. The number of hydrogen-bond donors (Lipinski definition) is 1. The first-order chi connectivity index (χ1) is 9.15. The largest absolute Gasteiger partial charge is 0.328 e. The predicted octanol–water partition coefficient (Wildman–Crippen LogP) is 3.83. The van der Waals surface area contributed by atoms with Crippen molar-refractivity contribution in [1.82, 2.24) is 9.55 Å². The van der Waals surface area contributed by atoms with Crippen molar-refractivity contribution in [1.29, 1.82) is 0 Å². The zero-order chi connectivity index (χ0) is 13.4. The third kappa shape index (κ3) is 2.68. The first-order valence-corrected chi connectivity index (χ1v) is 8.53. The van der Waals surface area contributed by atoms with E-state index in [4.69, 9.17) is 12.2 Å². The Morgan fingerprint density at radius 2 is 2.21 bits per heavy atom. The number of thioether (sulfide) groups is 2. The van der Waals surface area contributed by atoms with Gasteiger partial charge in [-0.2, -0.15) is 23.5 Å². The van der Waals surface area contributed by atoms with Crippen molar-refractivity contribution in [2.45, 2.75) is 11.8 Å². The molecular formula is C12H12F2N2S3. The average molecular weight is 318 g/mol. The van der Waals surface area contributed by atoms with Crippen LogP contribution in [0.25, 0.3) is 11.0 Å². The van der Waals surface area contributed by atoms with Gasteiger partial charge < -0.3 is 9.55 Å². The summed E-state index contributed by atoms with van der Waals surface area (Å²) in [7, 11) is 0. The zero-order valence-electron chi connectivity index (χ0n) is 9.99. The molecule has 102 valence electrons. The number of hydrogen-bond acceptors (Lipinski definition) is 3. The molecule has 2 heterocycles. The van der Waals surface area contributed by atoms with Gasteiger partial charge in [-0.15, -0.1) is 0 Å². The normalized spacial score (nSPS) is 20.0. The molecule has 1 atom stereocenters. The van der Waals surface area contributed by atoms with Gasteiger partial charge in [0.2, 0.25) is 0 Å². The number of benzene rings is 1. The average Bonchev–Trinajstić information content (AvgIpc) is 2.69. The van der Waals surface area contributed by atoms with E-state index >= 15 is 0 Å². The number of imidazole rings is 1. The third-order valence-electron chi connectivity index (χ3n) is 3.07. The van der Waals surface area contributed by atoms with Gasteiger partial charge in [0.25, 0.3) is 0 Å². The molecule has 2 aromatic rings. The first kappa shape index (κ1) is 13.5. The molecule has 0 saturated carbocycles. The van der Waals surface area contributed by atoms with Crippen LogP contribution < -0.4 is 0 Å². The standard InChI is InChI=1S/C12H12F2N2S3/c13-7-3-9(14)11-10(4-7)16(12(17)15-11)5-8-6-18-1-2-19-8/h3-4,8H,1-2,5-6H2,(H,15,17). The van der Waals surface area contributed by atoms with Gasteiger partial charge >= 0.3 is 0 Å². The topological polar surface area (TPSA) is 20.7 Å². The van der Waals surface area contributed by atoms with Crippen molar-refractivity contribution in [3.05, 3.63) is 28.5 Å². The highest BCUT2D eigenvalue weighted by Gasteiger charge is 2.18. The van der Waals surface area contributed by atoms with Crippen molar-refractivity contribution in [2.75, 3.05) is 17.3 Å². The van der Waals surface area contributed by atoms with E-state index in [1.165, 1.54) is 11.8 Å². The summed E-state index contributed by atoms with van der Waals surface area (Å²) in [5, 5.41) is 0.441. The van der Waals surface area contributed by atoms with E-state index < -0.39 is 11.6 Å². The molecule has 0 amide bonds. The summed E-state index contributed by atoms with van der Waals surface area (Å²) >= 11 is 9.04. The summed E-state index contributed by atoms with van der Waals surface area (Å²) in [6, 6.07) is 2.22. The van der Waals surface area contributed by atoms with E-state index in [2.05, 4.69) is 4.98 Å². The molecule has 0 aliphatic carbocycles. The van der Waals surface area contributed by atoms with Gasteiger partial charge in [0, 0.05) is 35.1 Å². The SMILES string of the molecule is Fc1cc(F)c2[nH]c(=S)n(CC3CSCCS3)c2c1. The molecule has 1 aromatic carbocycles. The smallest absolute Gasteiger partial charge is 0.178 e. The Balaban J connectivity index is 2.02. The van der Waals surface area contributed by atoms with Crippen molar-refractivity contribution in [3.8, 4) is 0 Å². The molecule has 1 aliphatic heterocycles. The number of fused-ring (bicyclic) bond motifs is 1. The monoisotopic (exact) mass is 318 g/mol. The Morgan fingerprint density at radius 3 is 2.95 bits per heavy atom. The first-order valence-electron chi connectivity index (χ1n) is 5.92. The van der Waals surface area contributed by atoms with Crippen molar-refractivity contribution in [2.24, 2.45) is 0 Å². The molecule has 1 N–H and O–H groups in total. The Bertz CT molecular complexity index is 659. The van der Waals surface area contributed by atoms with Gasteiger partial charge in [-0.05, 0) is 18.3 Å². The molecule has 0 bridgehead atoms. The minimum atomic E-state index is -0.592. The number of aromatic amines is 1. The second-order valence-electron chi connectivity index (χ2n) is 4.39. The molecular weight excluding hydrogens is 306 g/mol. The Labute approximate surface area is 123 Å². The number of rotatable bonds is 2. The highest BCUT2D eigenvalue weighted by Crippen LogP contribution is 2.27. The van der Waals surface area contributed by atoms with Crippen LogP contribution >= 0.6 is 35.7 Å². The summed E-state index contributed by atoms with van der Waals surface area (Å²) in [4.78, 5) is 2.83. The minimum Gasteiger partial charge on any atom is -0.328 e. The van der Waals surface area contributed by atoms with Gasteiger partial charge in [0.05, 0.1) is 5.52 Å². The summed E-state index contributed by atoms with van der Waals surface area (Å²) in [6.07, 6.45) is 0. The molecule has 1 unspecified atom stereocenters. The lowest BCUT2D eigenvalue weighted by Gasteiger charge is -2.21. The van der Waals surface area contributed by atoms with Gasteiger partial charge in [-0.1, -0.05) is 0 Å². The van der Waals surface area contributed by atoms with E-state index in [0.717, 1.165) is 17.6 Å². The maximum absolute atomic E-state index is 13.7. The Morgan fingerprint density at radius 1 is 1.37 bits per heavy atom. The second-order valence-corrected chi connectivity index (χ2v) is 7.33. The van der Waals surface area contributed by atoms with Crippen molar-refractivity contribution < 1.29 is 8.78 Å². The summed E-state index contributed by atoms with van der Waals surface area (Å²) < 4.78 is 29.3. The van der Waals surface area contributed by atoms with Gasteiger partial charge in [-0.3, -0.25) is 0 Å². The second kappa shape index (κ2) is 5.46. The fourth-order valence-corrected chi connectivity index (χ4v) is 5.13. The highest BCUT2D eigenvalue weighted by atomic mass is 32.2. The fourth-order valence-electron chi connectivity index (χ4n) is 2.21.